The smallest absolute Gasteiger partial charge is 0.207 e. The predicted octanol–water partition coefficient (Wildman–Crippen LogP) is 1.10. The van der Waals surface area contributed by atoms with Crippen molar-refractivity contribution in [2.24, 2.45) is 0 Å². The summed E-state index contributed by atoms with van der Waals surface area (Å²) in [6.45, 7) is 1.68. The number of nitrogens with one attached hydrogen (secondary N) is 2. The van der Waals surface area contributed by atoms with Crippen molar-refractivity contribution < 1.29 is 4.74 Å². The summed E-state index contributed by atoms with van der Waals surface area (Å²) in [5.74, 6) is 0.874. The SMILES string of the molecule is C1=CCNC(Oc2ccccc2)NC1. The molecule has 0 saturated heterocycles. The molecule has 74 valence electrons. The molecule has 3 heteroatoms. The van der Waals surface area contributed by atoms with E-state index in [4.69, 9.17) is 4.74 Å². The minimum Gasteiger partial charge on any atom is -0.462 e. The maximum atomic E-state index is 5.67. The highest BCUT2D eigenvalue weighted by Crippen LogP contribution is 2.09. The monoisotopic (exact) mass is 190 g/mol. The predicted molar refractivity (Wildman–Crippen MR) is 56.0 cm³/mol. The highest BCUT2D eigenvalue weighted by Gasteiger charge is 2.08. The van der Waals surface area contributed by atoms with Gasteiger partial charge in [-0.2, -0.15) is 0 Å². The van der Waals surface area contributed by atoms with Gasteiger partial charge in [0.1, 0.15) is 5.75 Å². The molecule has 0 radical (unpaired) electrons. The molecule has 1 aromatic rings. The summed E-state index contributed by atoms with van der Waals surface area (Å²) in [5.41, 5.74) is 0. The van der Waals surface area contributed by atoms with Gasteiger partial charge in [0.05, 0.1) is 0 Å². The van der Waals surface area contributed by atoms with E-state index in [0.29, 0.717) is 0 Å². The summed E-state index contributed by atoms with van der Waals surface area (Å²) >= 11 is 0. The van der Waals surface area contributed by atoms with Crippen LogP contribution in [0.4, 0.5) is 0 Å². The number of ether oxygens (including phenoxy) is 1. The van der Waals surface area contributed by atoms with E-state index in [9.17, 15) is 0 Å². The zero-order valence-corrected chi connectivity index (χ0v) is 7.94. The number of hydrogen-bond acceptors (Lipinski definition) is 3. The third-order valence-electron chi connectivity index (χ3n) is 2.01. The Morgan fingerprint density at radius 3 is 2.29 bits per heavy atom. The number of para-hydroxylation sites is 1. The van der Waals surface area contributed by atoms with Gasteiger partial charge < -0.3 is 4.74 Å². The molecule has 0 aromatic heterocycles. The summed E-state index contributed by atoms with van der Waals surface area (Å²) in [5, 5.41) is 6.42. The zero-order valence-electron chi connectivity index (χ0n) is 7.94. The fourth-order valence-corrected chi connectivity index (χ4v) is 1.31. The molecule has 0 fully saturated rings. The molecule has 0 spiro atoms. The van der Waals surface area contributed by atoms with Gasteiger partial charge in [0, 0.05) is 13.1 Å². The van der Waals surface area contributed by atoms with Crippen molar-refractivity contribution in [1.82, 2.24) is 10.6 Å². The maximum absolute atomic E-state index is 5.67. The van der Waals surface area contributed by atoms with E-state index in [-0.39, 0.29) is 6.35 Å². The van der Waals surface area contributed by atoms with Crippen molar-refractivity contribution in [1.29, 1.82) is 0 Å². The van der Waals surface area contributed by atoms with Crippen molar-refractivity contribution in [3.63, 3.8) is 0 Å². The highest BCUT2D eigenvalue weighted by molar-refractivity contribution is 5.21. The van der Waals surface area contributed by atoms with Crippen LogP contribution in [0.5, 0.6) is 5.75 Å². The standard InChI is InChI=1S/C11H14N2O/c1-2-6-10(7-3-1)14-11-12-8-4-5-9-13-11/h1-7,11-13H,8-9H2. The van der Waals surface area contributed by atoms with Gasteiger partial charge in [-0.15, -0.1) is 0 Å². The first-order valence-corrected chi connectivity index (χ1v) is 4.78. The van der Waals surface area contributed by atoms with Gasteiger partial charge in [0.15, 0.2) is 0 Å². The first-order chi connectivity index (χ1) is 6.95. The zero-order chi connectivity index (χ0) is 9.64. The molecule has 2 N–H and O–H groups in total. The van der Waals surface area contributed by atoms with Crippen LogP contribution in [0.25, 0.3) is 0 Å². The van der Waals surface area contributed by atoms with Crippen LogP contribution >= 0.6 is 0 Å². The molecular formula is C11H14N2O. The number of benzene rings is 1. The van der Waals surface area contributed by atoms with Crippen LogP contribution in [0.2, 0.25) is 0 Å². The van der Waals surface area contributed by atoms with Crippen LogP contribution in [-0.2, 0) is 0 Å². The Balaban J connectivity index is 1.91. The largest absolute Gasteiger partial charge is 0.462 e. The van der Waals surface area contributed by atoms with E-state index in [2.05, 4.69) is 22.8 Å². The topological polar surface area (TPSA) is 33.3 Å². The Morgan fingerprint density at radius 1 is 1.00 bits per heavy atom. The van der Waals surface area contributed by atoms with Gasteiger partial charge in [-0.3, -0.25) is 10.6 Å². The molecule has 1 aromatic carbocycles. The van der Waals surface area contributed by atoms with Gasteiger partial charge in [0.25, 0.3) is 0 Å². The average molecular weight is 190 g/mol. The van der Waals surface area contributed by atoms with E-state index < -0.39 is 0 Å². The molecule has 14 heavy (non-hydrogen) atoms. The Hall–Kier alpha value is -1.32. The lowest BCUT2D eigenvalue weighted by Gasteiger charge is -2.18. The lowest BCUT2D eigenvalue weighted by Crippen LogP contribution is -2.45. The molecule has 0 atom stereocenters. The third kappa shape index (κ3) is 2.58. The van der Waals surface area contributed by atoms with E-state index in [1.807, 2.05) is 30.3 Å². The maximum Gasteiger partial charge on any atom is 0.207 e. The van der Waals surface area contributed by atoms with Gasteiger partial charge in [-0.1, -0.05) is 30.4 Å². The Morgan fingerprint density at radius 2 is 1.64 bits per heavy atom. The van der Waals surface area contributed by atoms with Crippen LogP contribution in [-0.4, -0.2) is 19.4 Å². The summed E-state index contributed by atoms with van der Waals surface area (Å²) in [6, 6.07) is 9.79. The summed E-state index contributed by atoms with van der Waals surface area (Å²) in [6.07, 6.45) is 4.07. The quantitative estimate of drug-likeness (QED) is 0.685. The van der Waals surface area contributed by atoms with Crippen LogP contribution in [0.15, 0.2) is 42.5 Å². The van der Waals surface area contributed by atoms with Gasteiger partial charge >= 0.3 is 0 Å². The third-order valence-corrected chi connectivity index (χ3v) is 2.01. The molecular weight excluding hydrogens is 176 g/mol. The number of hydrogen-bond donors (Lipinski definition) is 2. The molecule has 2 rings (SSSR count). The second-order valence-electron chi connectivity index (χ2n) is 3.10. The summed E-state index contributed by atoms with van der Waals surface area (Å²) in [4.78, 5) is 0. The average Bonchev–Trinajstić information content (AvgIpc) is 2.48. The molecule has 0 saturated carbocycles. The van der Waals surface area contributed by atoms with E-state index >= 15 is 0 Å². The first kappa shape index (κ1) is 9.24. The highest BCUT2D eigenvalue weighted by atomic mass is 16.5. The normalized spacial score (nSPS) is 17.7. The fraction of sp³-hybridized carbons (Fsp3) is 0.273. The fourth-order valence-electron chi connectivity index (χ4n) is 1.31. The van der Waals surface area contributed by atoms with Crippen molar-refractivity contribution in [2.45, 2.75) is 6.35 Å². The minimum atomic E-state index is -0.104. The summed E-state index contributed by atoms with van der Waals surface area (Å²) < 4.78 is 5.67. The summed E-state index contributed by atoms with van der Waals surface area (Å²) in [7, 11) is 0. The molecule has 1 aliphatic heterocycles. The molecule has 0 aliphatic carbocycles. The minimum absolute atomic E-state index is 0.104. The van der Waals surface area contributed by atoms with Gasteiger partial charge in [-0.25, -0.2) is 0 Å². The second-order valence-corrected chi connectivity index (χ2v) is 3.10. The van der Waals surface area contributed by atoms with Crippen molar-refractivity contribution in [2.75, 3.05) is 13.1 Å². The van der Waals surface area contributed by atoms with Crippen molar-refractivity contribution >= 4 is 0 Å². The lowest BCUT2D eigenvalue weighted by atomic mass is 10.3. The van der Waals surface area contributed by atoms with E-state index in [1.165, 1.54) is 0 Å². The molecule has 1 aliphatic rings. The van der Waals surface area contributed by atoms with E-state index in [1.54, 1.807) is 0 Å². The first-order valence-electron chi connectivity index (χ1n) is 4.78. The second kappa shape index (κ2) is 4.79. The lowest BCUT2D eigenvalue weighted by molar-refractivity contribution is 0.139. The van der Waals surface area contributed by atoms with Crippen LogP contribution in [0.1, 0.15) is 0 Å². The van der Waals surface area contributed by atoms with Gasteiger partial charge in [0.2, 0.25) is 6.35 Å². The molecule has 1 heterocycles. The van der Waals surface area contributed by atoms with Crippen LogP contribution in [0.3, 0.4) is 0 Å². The molecule has 0 bridgehead atoms. The molecule has 3 nitrogen and oxygen atoms in total. The van der Waals surface area contributed by atoms with Crippen molar-refractivity contribution in [3.05, 3.63) is 42.5 Å². The van der Waals surface area contributed by atoms with Crippen LogP contribution < -0.4 is 15.4 Å². The van der Waals surface area contributed by atoms with Crippen LogP contribution in [0, 0.1) is 0 Å². The van der Waals surface area contributed by atoms with E-state index in [0.717, 1.165) is 18.8 Å². The van der Waals surface area contributed by atoms with Crippen molar-refractivity contribution in [3.8, 4) is 5.75 Å². The Labute approximate surface area is 83.8 Å². The molecule has 0 unspecified atom stereocenters. The Bertz CT molecular complexity index is 287. The molecule has 0 amide bonds. The number of rotatable bonds is 2. The van der Waals surface area contributed by atoms with Gasteiger partial charge in [-0.05, 0) is 12.1 Å². The Kier molecular flexibility index (Phi) is 3.16.